The van der Waals surface area contributed by atoms with Gasteiger partial charge in [-0.1, -0.05) is 12.1 Å². The summed E-state index contributed by atoms with van der Waals surface area (Å²) >= 11 is 0. The number of ether oxygens (including phenoxy) is 1. The standard InChI is InChI=1S/C24H28N6O2/c1-16-5-4-6-21(17(16)2)29-11-13-30(14-12-29)24-26-15-20(22(25)28-24)23(31)27-18-7-9-19(32-3)10-8-18/h4-10,15H,11-14H2,1-3H3,(H,27,31)(H2,25,26,28). The molecule has 0 spiro atoms. The number of nitrogens with one attached hydrogen (secondary N) is 1. The van der Waals surface area contributed by atoms with Crippen molar-refractivity contribution < 1.29 is 9.53 Å². The van der Waals surface area contributed by atoms with Crippen LogP contribution in [0.5, 0.6) is 5.75 Å². The van der Waals surface area contributed by atoms with Crippen molar-refractivity contribution in [3.05, 3.63) is 65.4 Å². The normalized spacial score (nSPS) is 13.7. The number of nitrogens with two attached hydrogens (primary N) is 1. The lowest BCUT2D eigenvalue weighted by Gasteiger charge is -2.37. The minimum atomic E-state index is -0.348. The van der Waals surface area contributed by atoms with E-state index in [0.717, 1.165) is 26.2 Å². The molecule has 166 valence electrons. The molecule has 8 heteroatoms. The van der Waals surface area contributed by atoms with E-state index >= 15 is 0 Å². The number of rotatable bonds is 5. The molecule has 0 bridgehead atoms. The Labute approximate surface area is 188 Å². The molecule has 3 N–H and O–H groups in total. The second kappa shape index (κ2) is 9.13. The van der Waals surface area contributed by atoms with Gasteiger partial charge in [-0.05, 0) is 55.3 Å². The summed E-state index contributed by atoms with van der Waals surface area (Å²) in [6.45, 7) is 7.60. The fourth-order valence-electron chi connectivity index (χ4n) is 3.81. The lowest BCUT2D eigenvalue weighted by atomic mass is 10.1. The maximum absolute atomic E-state index is 12.6. The quantitative estimate of drug-likeness (QED) is 0.639. The van der Waals surface area contributed by atoms with Crippen molar-refractivity contribution in [3.63, 3.8) is 0 Å². The predicted octanol–water partition coefficient (Wildman–Crippen LogP) is 3.26. The van der Waals surface area contributed by atoms with Crippen molar-refractivity contribution in [2.24, 2.45) is 0 Å². The van der Waals surface area contributed by atoms with E-state index in [-0.39, 0.29) is 17.3 Å². The van der Waals surface area contributed by atoms with Crippen molar-refractivity contribution in [2.45, 2.75) is 13.8 Å². The Morgan fingerprint density at radius 3 is 2.38 bits per heavy atom. The highest BCUT2D eigenvalue weighted by molar-refractivity contribution is 6.07. The summed E-state index contributed by atoms with van der Waals surface area (Å²) in [5.74, 6) is 1.08. The Hall–Kier alpha value is -3.81. The van der Waals surface area contributed by atoms with Gasteiger partial charge in [0.1, 0.15) is 17.1 Å². The molecule has 0 radical (unpaired) electrons. The molecule has 0 atom stereocenters. The number of amides is 1. The number of aromatic nitrogens is 2. The SMILES string of the molecule is COc1ccc(NC(=O)c2cnc(N3CCN(c4cccc(C)c4C)CC3)nc2N)cc1. The van der Waals surface area contributed by atoms with Crippen LogP contribution in [0.25, 0.3) is 0 Å². The zero-order valence-electron chi connectivity index (χ0n) is 18.6. The van der Waals surface area contributed by atoms with Gasteiger partial charge in [0.05, 0.1) is 7.11 Å². The average Bonchev–Trinajstić information content (AvgIpc) is 2.81. The van der Waals surface area contributed by atoms with Gasteiger partial charge in [0, 0.05) is 43.8 Å². The van der Waals surface area contributed by atoms with Gasteiger partial charge in [-0.25, -0.2) is 4.98 Å². The van der Waals surface area contributed by atoms with Gasteiger partial charge < -0.3 is 25.6 Å². The number of carbonyl (C=O) groups is 1. The minimum Gasteiger partial charge on any atom is -0.497 e. The number of piperazine rings is 1. The number of carbonyl (C=O) groups excluding carboxylic acids is 1. The molecule has 2 heterocycles. The number of aryl methyl sites for hydroxylation is 1. The summed E-state index contributed by atoms with van der Waals surface area (Å²) in [7, 11) is 1.59. The molecule has 3 aromatic rings. The zero-order valence-corrected chi connectivity index (χ0v) is 18.6. The first-order valence-electron chi connectivity index (χ1n) is 10.6. The van der Waals surface area contributed by atoms with Crippen molar-refractivity contribution >= 4 is 29.0 Å². The van der Waals surface area contributed by atoms with E-state index < -0.39 is 0 Å². The summed E-state index contributed by atoms with van der Waals surface area (Å²) in [6, 6.07) is 13.5. The van der Waals surface area contributed by atoms with Crippen molar-refractivity contribution in [1.29, 1.82) is 0 Å². The van der Waals surface area contributed by atoms with Crippen LogP contribution in [0.1, 0.15) is 21.5 Å². The van der Waals surface area contributed by atoms with Crippen molar-refractivity contribution in [3.8, 4) is 5.75 Å². The first-order valence-corrected chi connectivity index (χ1v) is 10.6. The molecular weight excluding hydrogens is 404 g/mol. The van der Waals surface area contributed by atoms with Crippen LogP contribution in [0, 0.1) is 13.8 Å². The predicted molar refractivity (Wildman–Crippen MR) is 128 cm³/mol. The lowest BCUT2D eigenvalue weighted by Crippen LogP contribution is -2.47. The molecule has 2 aromatic carbocycles. The van der Waals surface area contributed by atoms with Gasteiger partial charge >= 0.3 is 0 Å². The number of methoxy groups -OCH3 is 1. The Kier molecular flexibility index (Phi) is 6.11. The molecule has 1 saturated heterocycles. The molecule has 1 aliphatic heterocycles. The number of hydrogen-bond acceptors (Lipinski definition) is 7. The van der Waals surface area contributed by atoms with Gasteiger partial charge in [0.2, 0.25) is 5.95 Å². The van der Waals surface area contributed by atoms with Crippen LogP contribution in [-0.4, -0.2) is 49.2 Å². The first kappa shape index (κ1) is 21.4. The number of benzene rings is 2. The monoisotopic (exact) mass is 432 g/mol. The third-order valence-corrected chi connectivity index (χ3v) is 5.88. The topological polar surface area (TPSA) is 96.6 Å². The van der Waals surface area contributed by atoms with Crippen LogP contribution < -0.4 is 25.6 Å². The van der Waals surface area contributed by atoms with Crippen LogP contribution in [0.2, 0.25) is 0 Å². The van der Waals surface area contributed by atoms with E-state index in [1.165, 1.54) is 23.0 Å². The lowest BCUT2D eigenvalue weighted by molar-refractivity contribution is 0.102. The van der Waals surface area contributed by atoms with Crippen molar-refractivity contribution in [2.75, 3.05) is 54.1 Å². The molecule has 8 nitrogen and oxygen atoms in total. The molecule has 32 heavy (non-hydrogen) atoms. The summed E-state index contributed by atoms with van der Waals surface area (Å²) < 4.78 is 5.13. The van der Waals surface area contributed by atoms with Gasteiger partial charge in [-0.2, -0.15) is 4.98 Å². The third-order valence-electron chi connectivity index (χ3n) is 5.88. The Morgan fingerprint density at radius 1 is 1.03 bits per heavy atom. The average molecular weight is 433 g/mol. The summed E-state index contributed by atoms with van der Waals surface area (Å²) in [5, 5.41) is 2.81. The Morgan fingerprint density at radius 2 is 1.72 bits per heavy atom. The molecule has 1 fully saturated rings. The largest absolute Gasteiger partial charge is 0.497 e. The van der Waals surface area contributed by atoms with Crippen LogP contribution in [0.3, 0.4) is 0 Å². The maximum Gasteiger partial charge on any atom is 0.260 e. The highest BCUT2D eigenvalue weighted by atomic mass is 16.5. The van der Waals surface area contributed by atoms with E-state index in [2.05, 4.69) is 57.1 Å². The molecule has 0 saturated carbocycles. The summed E-state index contributed by atoms with van der Waals surface area (Å²) in [4.78, 5) is 25.9. The van der Waals surface area contributed by atoms with Crippen LogP contribution in [0.15, 0.2) is 48.7 Å². The highest BCUT2D eigenvalue weighted by Crippen LogP contribution is 2.25. The second-order valence-electron chi connectivity index (χ2n) is 7.84. The Bertz CT molecular complexity index is 1110. The van der Waals surface area contributed by atoms with E-state index in [1.807, 2.05) is 0 Å². The minimum absolute atomic E-state index is 0.165. The van der Waals surface area contributed by atoms with E-state index in [0.29, 0.717) is 17.4 Å². The highest BCUT2D eigenvalue weighted by Gasteiger charge is 2.22. The number of anilines is 4. The second-order valence-corrected chi connectivity index (χ2v) is 7.84. The molecule has 1 aromatic heterocycles. The number of nitrogen functional groups attached to an aromatic ring is 1. The maximum atomic E-state index is 12.6. The molecular formula is C24H28N6O2. The molecule has 0 aliphatic carbocycles. The smallest absolute Gasteiger partial charge is 0.260 e. The van der Waals surface area contributed by atoms with Gasteiger partial charge in [-0.3, -0.25) is 4.79 Å². The summed E-state index contributed by atoms with van der Waals surface area (Å²) in [6.07, 6.45) is 1.49. The van der Waals surface area contributed by atoms with Crippen LogP contribution in [-0.2, 0) is 0 Å². The number of nitrogens with zero attached hydrogens (tertiary/aromatic N) is 4. The Balaban J connectivity index is 1.41. The fourth-order valence-corrected chi connectivity index (χ4v) is 3.81. The van der Waals surface area contributed by atoms with Crippen LogP contribution in [0.4, 0.5) is 23.1 Å². The fraction of sp³-hybridized carbons (Fsp3) is 0.292. The van der Waals surface area contributed by atoms with Gasteiger partial charge in [-0.15, -0.1) is 0 Å². The number of hydrogen-bond donors (Lipinski definition) is 2. The third kappa shape index (κ3) is 4.44. The van der Waals surface area contributed by atoms with Crippen LogP contribution >= 0.6 is 0 Å². The van der Waals surface area contributed by atoms with E-state index in [1.54, 1.807) is 31.4 Å². The van der Waals surface area contributed by atoms with E-state index in [4.69, 9.17) is 10.5 Å². The summed E-state index contributed by atoms with van der Waals surface area (Å²) in [5.41, 5.74) is 10.9. The molecule has 4 rings (SSSR count). The molecule has 0 unspecified atom stereocenters. The first-order chi connectivity index (χ1) is 15.5. The van der Waals surface area contributed by atoms with Gasteiger partial charge in [0.25, 0.3) is 5.91 Å². The molecule has 1 amide bonds. The van der Waals surface area contributed by atoms with E-state index in [9.17, 15) is 4.79 Å². The molecule has 1 aliphatic rings. The van der Waals surface area contributed by atoms with Gasteiger partial charge in [0.15, 0.2) is 0 Å². The van der Waals surface area contributed by atoms with Crippen molar-refractivity contribution in [1.82, 2.24) is 9.97 Å². The zero-order chi connectivity index (χ0) is 22.7.